The molecule has 0 saturated carbocycles. The molecule has 1 N–H and O–H groups in total. The van der Waals surface area contributed by atoms with E-state index in [2.05, 4.69) is 39.9 Å². The quantitative estimate of drug-likeness (QED) is 0.884. The first-order valence-electron chi connectivity index (χ1n) is 7.37. The fraction of sp³-hybridized carbons (Fsp3) is 0.500. The second-order valence-electron chi connectivity index (χ2n) is 5.81. The van der Waals surface area contributed by atoms with Gasteiger partial charge in [-0.15, -0.1) is 0 Å². The van der Waals surface area contributed by atoms with Crippen molar-refractivity contribution in [1.82, 2.24) is 14.8 Å². The molecule has 19 heavy (non-hydrogen) atoms. The largest absolute Gasteiger partial charge is 0.342 e. The molecule has 1 aromatic heterocycles. The van der Waals surface area contributed by atoms with Gasteiger partial charge in [-0.1, -0.05) is 18.2 Å². The second kappa shape index (κ2) is 4.36. The van der Waals surface area contributed by atoms with Crippen molar-refractivity contribution < 1.29 is 0 Å². The van der Waals surface area contributed by atoms with E-state index in [4.69, 9.17) is 0 Å². The number of piperazine rings is 1. The normalized spacial score (nSPS) is 19.4. The lowest BCUT2D eigenvalue weighted by Crippen LogP contribution is -2.43. The Morgan fingerprint density at radius 3 is 2.84 bits per heavy atom. The first-order chi connectivity index (χ1) is 9.34. The molecular weight excluding hydrogens is 234 g/mol. The first-order valence-corrected chi connectivity index (χ1v) is 7.37. The molecule has 3 heteroatoms. The van der Waals surface area contributed by atoms with Crippen LogP contribution in [0.1, 0.15) is 16.8 Å². The van der Waals surface area contributed by atoms with Crippen LogP contribution in [0.25, 0.3) is 10.9 Å². The van der Waals surface area contributed by atoms with Gasteiger partial charge in [0, 0.05) is 50.3 Å². The summed E-state index contributed by atoms with van der Waals surface area (Å²) in [7, 11) is 0. The monoisotopic (exact) mass is 255 g/mol. The third-order valence-corrected chi connectivity index (χ3v) is 4.74. The zero-order valence-corrected chi connectivity index (χ0v) is 11.6. The van der Waals surface area contributed by atoms with Crippen molar-refractivity contribution in [2.75, 3.05) is 26.2 Å². The molecule has 0 aliphatic carbocycles. The van der Waals surface area contributed by atoms with Gasteiger partial charge < -0.3 is 9.88 Å². The van der Waals surface area contributed by atoms with E-state index in [-0.39, 0.29) is 0 Å². The Bertz CT molecular complexity index is 620. The Labute approximate surface area is 114 Å². The van der Waals surface area contributed by atoms with E-state index >= 15 is 0 Å². The minimum atomic E-state index is 1.11. The number of para-hydroxylation sites is 1. The van der Waals surface area contributed by atoms with Gasteiger partial charge in [0.25, 0.3) is 0 Å². The fourth-order valence-electron chi connectivity index (χ4n) is 3.67. The smallest absolute Gasteiger partial charge is 0.0519 e. The van der Waals surface area contributed by atoms with E-state index in [0.717, 1.165) is 19.6 Å². The molecule has 100 valence electrons. The van der Waals surface area contributed by atoms with Gasteiger partial charge in [0.15, 0.2) is 0 Å². The van der Waals surface area contributed by atoms with Crippen LogP contribution in [0.5, 0.6) is 0 Å². The fourth-order valence-corrected chi connectivity index (χ4v) is 3.67. The third kappa shape index (κ3) is 1.72. The van der Waals surface area contributed by atoms with E-state index in [9.17, 15) is 0 Å². The summed E-state index contributed by atoms with van der Waals surface area (Å²) in [6, 6.07) is 6.80. The number of aromatic nitrogens is 1. The molecule has 0 radical (unpaired) electrons. The highest BCUT2D eigenvalue weighted by atomic mass is 15.2. The van der Waals surface area contributed by atoms with E-state index in [1.807, 2.05) is 0 Å². The molecule has 1 aromatic carbocycles. The van der Waals surface area contributed by atoms with Gasteiger partial charge in [-0.05, 0) is 24.5 Å². The molecule has 3 nitrogen and oxygen atoms in total. The zero-order valence-electron chi connectivity index (χ0n) is 11.6. The van der Waals surface area contributed by atoms with Crippen LogP contribution in [0, 0.1) is 6.92 Å². The van der Waals surface area contributed by atoms with Gasteiger partial charge in [0.05, 0.1) is 5.52 Å². The molecule has 2 aromatic rings. The van der Waals surface area contributed by atoms with Crippen LogP contribution in [0.15, 0.2) is 18.2 Å². The summed E-state index contributed by atoms with van der Waals surface area (Å²) in [5, 5.41) is 4.90. The highest BCUT2D eigenvalue weighted by molar-refractivity contribution is 5.89. The summed E-state index contributed by atoms with van der Waals surface area (Å²) in [4.78, 5) is 2.58. The van der Waals surface area contributed by atoms with Crippen molar-refractivity contribution in [3.63, 3.8) is 0 Å². The van der Waals surface area contributed by atoms with Crippen LogP contribution in [-0.2, 0) is 19.5 Å². The number of hydrogen-bond acceptors (Lipinski definition) is 2. The van der Waals surface area contributed by atoms with Crippen LogP contribution in [0.2, 0.25) is 0 Å². The predicted molar refractivity (Wildman–Crippen MR) is 78.5 cm³/mol. The molecule has 3 heterocycles. The summed E-state index contributed by atoms with van der Waals surface area (Å²) in [6.45, 7) is 9.19. The molecule has 1 saturated heterocycles. The lowest BCUT2D eigenvalue weighted by Gasteiger charge is -2.27. The maximum Gasteiger partial charge on any atom is 0.0519 e. The van der Waals surface area contributed by atoms with E-state index in [1.54, 1.807) is 5.69 Å². The molecule has 0 bridgehead atoms. The molecule has 0 amide bonds. The second-order valence-corrected chi connectivity index (χ2v) is 5.81. The Balaban J connectivity index is 1.77. The first kappa shape index (κ1) is 11.5. The number of nitrogens with zero attached hydrogens (tertiary/aromatic N) is 2. The lowest BCUT2D eigenvalue weighted by atomic mass is 10.1. The summed E-state index contributed by atoms with van der Waals surface area (Å²) in [5.74, 6) is 0. The van der Waals surface area contributed by atoms with Crippen molar-refractivity contribution in [2.24, 2.45) is 0 Å². The van der Waals surface area contributed by atoms with Gasteiger partial charge in [-0.3, -0.25) is 4.90 Å². The Kier molecular flexibility index (Phi) is 2.64. The Morgan fingerprint density at radius 1 is 1.16 bits per heavy atom. The Morgan fingerprint density at radius 2 is 2.00 bits per heavy atom. The molecular formula is C16H21N3. The average Bonchev–Trinajstić information content (AvgIpc) is 2.99. The topological polar surface area (TPSA) is 20.2 Å². The van der Waals surface area contributed by atoms with E-state index in [0.29, 0.717) is 0 Å². The highest BCUT2D eigenvalue weighted by Crippen LogP contribution is 2.33. The van der Waals surface area contributed by atoms with Gasteiger partial charge in [-0.2, -0.15) is 0 Å². The van der Waals surface area contributed by atoms with E-state index in [1.165, 1.54) is 48.1 Å². The third-order valence-electron chi connectivity index (χ3n) is 4.74. The Hall–Kier alpha value is -1.32. The molecule has 2 aliphatic heterocycles. The zero-order chi connectivity index (χ0) is 12.8. The van der Waals surface area contributed by atoms with Crippen LogP contribution < -0.4 is 5.32 Å². The van der Waals surface area contributed by atoms with Crippen molar-refractivity contribution in [1.29, 1.82) is 0 Å². The lowest BCUT2D eigenvalue weighted by molar-refractivity contribution is 0.228. The van der Waals surface area contributed by atoms with Gasteiger partial charge >= 0.3 is 0 Å². The summed E-state index contributed by atoms with van der Waals surface area (Å²) >= 11 is 0. The van der Waals surface area contributed by atoms with Crippen LogP contribution in [0.4, 0.5) is 0 Å². The summed E-state index contributed by atoms with van der Waals surface area (Å²) in [6.07, 6.45) is 1.21. The van der Waals surface area contributed by atoms with Crippen molar-refractivity contribution in [3.8, 4) is 0 Å². The number of benzene rings is 1. The van der Waals surface area contributed by atoms with Crippen molar-refractivity contribution in [3.05, 3.63) is 35.0 Å². The molecule has 4 rings (SSSR count). The molecule has 0 unspecified atom stereocenters. The molecule has 0 atom stereocenters. The predicted octanol–water partition coefficient (Wildman–Crippen LogP) is 1.91. The van der Waals surface area contributed by atoms with Gasteiger partial charge in [0.2, 0.25) is 0 Å². The standard InChI is InChI=1S/C16H21N3/c1-12-14-4-2-3-13-5-8-19(16(13)14)15(12)11-18-9-6-17-7-10-18/h2-4,17H,5-11H2,1H3. The van der Waals surface area contributed by atoms with Gasteiger partial charge in [-0.25, -0.2) is 0 Å². The van der Waals surface area contributed by atoms with Crippen molar-refractivity contribution in [2.45, 2.75) is 26.4 Å². The number of hydrogen-bond donors (Lipinski definition) is 1. The molecule has 1 fully saturated rings. The number of rotatable bonds is 2. The number of aryl methyl sites for hydroxylation is 3. The maximum absolute atomic E-state index is 3.43. The summed E-state index contributed by atoms with van der Waals surface area (Å²) < 4.78 is 2.57. The average molecular weight is 255 g/mol. The van der Waals surface area contributed by atoms with E-state index < -0.39 is 0 Å². The maximum atomic E-state index is 3.43. The summed E-state index contributed by atoms with van der Waals surface area (Å²) in [5.41, 5.74) is 6.08. The minimum absolute atomic E-state index is 1.11. The minimum Gasteiger partial charge on any atom is -0.342 e. The molecule has 0 spiro atoms. The SMILES string of the molecule is Cc1c(CN2CCNCC2)n2c3c(cccc13)CC2. The van der Waals surface area contributed by atoms with Crippen molar-refractivity contribution >= 4 is 10.9 Å². The van der Waals surface area contributed by atoms with Crippen LogP contribution in [-0.4, -0.2) is 35.6 Å². The van der Waals surface area contributed by atoms with Crippen LogP contribution in [0.3, 0.4) is 0 Å². The van der Waals surface area contributed by atoms with Crippen LogP contribution >= 0.6 is 0 Å². The highest BCUT2D eigenvalue weighted by Gasteiger charge is 2.22. The number of nitrogens with one attached hydrogen (secondary N) is 1. The molecule has 2 aliphatic rings. The van der Waals surface area contributed by atoms with Gasteiger partial charge in [0.1, 0.15) is 0 Å².